The lowest BCUT2D eigenvalue weighted by Crippen LogP contribution is -2.62. The highest BCUT2D eigenvalue weighted by Gasteiger charge is 2.44. The van der Waals surface area contributed by atoms with E-state index < -0.39 is 5.60 Å². The third-order valence-electron chi connectivity index (χ3n) is 4.30. The van der Waals surface area contributed by atoms with Crippen molar-refractivity contribution in [2.45, 2.75) is 25.5 Å². The van der Waals surface area contributed by atoms with Crippen LogP contribution in [0.25, 0.3) is 0 Å². The number of anilines is 1. The van der Waals surface area contributed by atoms with Crippen molar-refractivity contribution in [2.24, 2.45) is 7.05 Å². The first-order valence-electron chi connectivity index (χ1n) is 8.45. The number of ether oxygens (including phenoxy) is 2. The average molecular weight is 351 g/mol. The van der Waals surface area contributed by atoms with Crippen molar-refractivity contribution in [3.63, 3.8) is 0 Å². The molecule has 2 aliphatic heterocycles. The second kappa shape index (κ2) is 7.01. The zero-order chi connectivity index (χ0) is 18.0. The molecular weight excluding hydrogens is 326 g/mol. The highest BCUT2D eigenvalue weighted by molar-refractivity contribution is 5.95. The largest absolute Gasteiger partial charge is 0.376 e. The molecule has 1 N–H and O–H groups in total. The van der Waals surface area contributed by atoms with Crippen LogP contribution in [0.5, 0.6) is 0 Å². The molecule has 1 aromatic rings. The van der Waals surface area contributed by atoms with E-state index in [9.17, 15) is 9.59 Å². The van der Waals surface area contributed by atoms with Gasteiger partial charge in [0.15, 0.2) is 0 Å². The lowest BCUT2D eigenvalue weighted by Gasteiger charge is -2.42. The summed E-state index contributed by atoms with van der Waals surface area (Å²) in [7, 11) is 1.80. The Morgan fingerprint density at radius 3 is 2.88 bits per heavy atom. The molecule has 9 nitrogen and oxygen atoms in total. The van der Waals surface area contributed by atoms with Crippen LogP contribution in [0.2, 0.25) is 0 Å². The molecule has 138 valence electrons. The van der Waals surface area contributed by atoms with Crippen molar-refractivity contribution in [1.82, 2.24) is 20.0 Å². The fourth-order valence-electron chi connectivity index (χ4n) is 3.10. The average Bonchev–Trinajstić information content (AvgIpc) is 2.87. The molecule has 3 rings (SSSR count). The van der Waals surface area contributed by atoms with Gasteiger partial charge in [0.05, 0.1) is 38.2 Å². The van der Waals surface area contributed by atoms with Crippen LogP contribution in [0, 0.1) is 0 Å². The molecule has 9 heteroatoms. The Morgan fingerprint density at radius 1 is 1.40 bits per heavy atom. The van der Waals surface area contributed by atoms with Crippen LogP contribution in [0.1, 0.15) is 13.8 Å². The number of urea groups is 1. The van der Waals surface area contributed by atoms with Gasteiger partial charge in [0.1, 0.15) is 12.2 Å². The first-order chi connectivity index (χ1) is 11.9. The summed E-state index contributed by atoms with van der Waals surface area (Å²) in [4.78, 5) is 28.1. The van der Waals surface area contributed by atoms with Crippen LogP contribution in [-0.4, -0.2) is 77.7 Å². The Balaban J connectivity index is 1.78. The zero-order valence-corrected chi connectivity index (χ0v) is 14.9. The molecule has 2 saturated heterocycles. The highest BCUT2D eigenvalue weighted by atomic mass is 16.6. The van der Waals surface area contributed by atoms with Crippen molar-refractivity contribution in [2.75, 3.05) is 44.4 Å². The Morgan fingerprint density at radius 2 is 2.20 bits per heavy atom. The van der Waals surface area contributed by atoms with Gasteiger partial charge in [-0.1, -0.05) is 0 Å². The molecule has 2 aliphatic rings. The Bertz CT molecular complexity index is 646. The highest BCUT2D eigenvalue weighted by Crippen LogP contribution is 2.27. The van der Waals surface area contributed by atoms with Gasteiger partial charge in [-0.2, -0.15) is 5.10 Å². The SMILES string of the molecule is CC(C)NC(=O)N1CCOC[C@@]2(C1)CN(c1cnn(C)c1)C(=O)CO2. The van der Waals surface area contributed by atoms with Crippen LogP contribution in [0.4, 0.5) is 10.5 Å². The Kier molecular flexibility index (Phi) is 4.96. The Labute approximate surface area is 146 Å². The summed E-state index contributed by atoms with van der Waals surface area (Å²) >= 11 is 0. The predicted octanol–water partition coefficient (Wildman–Crippen LogP) is -0.0277. The molecule has 0 aromatic carbocycles. The van der Waals surface area contributed by atoms with Crippen molar-refractivity contribution in [1.29, 1.82) is 0 Å². The maximum absolute atomic E-state index is 12.4. The first kappa shape index (κ1) is 17.7. The van der Waals surface area contributed by atoms with E-state index in [1.165, 1.54) is 0 Å². The van der Waals surface area contributed by atoms with Crippen LogP contribution in [0.3, 0.4) is 0 Å². The molecule has 1 atom stereocenters. The molecular formula is C16H25N5O4. The number of nitrogens with one attached hydrogen (secondary N) is 1. The summed E-state index contributed by atoms with van der Waals surface area (Å²) in [5.74, 6) is -0.124. The minimum atomic E-state index is -0.741. The van der Waals surface area contributed by atoms with E-state index in [4.69, 9.17) is 9.47 Å². The van der Waals surface area contributed by atoms with Gasteiger partial charge < -0.3 is 24.6 Å². The molecule has 2 fully saturated rings. The molecule has 3 heterocycles. The summed E-state index contributed by atoms with van der Waals surface area (Å²) < 4.78 is 13.2. The van der Waals surface area contributed by atoms with E-state index >= 15 is 0 Å². The summed E-state index contributed by atoms with van der Waals surface area (Å²) in [6.07, 6.45) is 3.44. The zero-order valence-electron chi connectivity index (χ0n) is 14.9. The fraction of sp³-hybridized carbons (Fsp3) is 0.688. The number of aromatic nitrogens is 2. The normalized spacial score (nSPS) is 24.7. The third kappa shape index (κ3) is 3.93. The van der Waals surface area contributed by atoms with Crippen LogP contribution < -0.4 is 10.2 Å². The van der Waals surface area contributed by atoms with Gasteiger partial charge in [-0.05, 0) is 13.8 Å². The minimum absolute atomic E-state index is 0.0438. The summed E-state index contributed by atoms with van der Waals surface area (Å²) in [6.45, 7) is 5.75. The van der Waals surface area contributed by atoms with Gasteiger partial charge in [0, 0.05) is 25.8 Å². The number of amides is 3. The van der Waals surface area contributed by atoms with Crippen LogP contribution in [0.15, 0.2) is 12.4 Å². The van der Waals surface area contributed by atoms with Gasteiger partial charge in [-0.15, -0.1) is 0 Å². The monoisotopic (exact) mass is 351 g/mol. The number of aryl methyl sites for hydroxylation is 1. The van der Waals surface area contributed by atoms with Crippen LogP contribution in [-0.2, 0) is 21.3 Å². The predicted molar refractivity (Wildman–Crippen MR) is 90.3 cm³/mol. The maximum atomic E-state index is 12.4. The smallest absolute Gasteiger partial charge is 0.317 e. The molecule has 1 aromatic heterocycles. The van der Waals surface area contributed by atoms with Gasteiger partial charge in [0.2, 0.25) is 0 Å². The van der Waals surface area contributed by atoms with Gasteiger partial charge in [0.25, 0.3) is 5.91 Å². The summed E-state index contributed by atoms with van der Waals surface area (Å²) in [5, 5.41) is 7.03. The van der Waals surface area contributed by atoms with E-state index in [-0.39, 0.29) is 24.6 Å². The lowest BCUT2D eigenvalue weighted by atomic mass is 10.0. The van der Waals surface area contributed by atoms with Crippen molar-refractivity contribution in [3.05, 3.63) is 12.4 Å². The topological polar surface area (TPSA) is 88.9 Å². The van der Waals surface area contributed by atoms with E-state index in [2.05, 4.69) is 10.4 Å². The number of morpholine rings is 1. The maximum Gasteiger partial charge on any atom is 0.317 e. The molecule has 0 aliphatic carbocycles. The Hall–Kier alpha value is -2.13. The van der Waals surface area contributed by atoms with E-state index in [1.54, 1.807) is 33.9 Å². The summed E-state index contributed by atoms with van der Waals surface area (Å²) in [6, 6.07) is -0.0957. The second-order valence-corrected chi connectivity index (χ2v) is 6.90. The van der Waals surface area contributed by atoms with Crippen LogP contribution >= 0.6 is 0 Å². The van der Waals surface area contributed by atoms with Crippen molar-refractivity contribution >= 4 is 17.6 Å². The number of carbonyl (C=O) groups excluding carboxylic acids is 2. The van der Waals surface area contributed by atoms with Gasteiger partial charge >= 0.3 is 6.03 Å². The van der Waals surface area contributed by atoms with E-state index in [0.717, 1.165) is 5.69 Å². The quantitative estimate of drug-likeness (QED) is 0.808. The second-order valence-electron chi connectivity index (χ2n) is 6.90. The molecule has 0 bridgehead atoms. The number of hydrogen-bond donors (Lipinski definition) is 1. The number of carbonyl (C=O) groups is 2. The molecule has 25 heavy (non-hydrogen) atoms. The molecule has 1 spiro atoms. The van der Waals surface area contributed by atoms with Gasteiger partial charge in [-0.25, -0.2) is 4.79 Å². The van der Waals surface area contributed by atoms with E-state index in [0.29, 0.717) is 32.8 Å². The lowest BCUT2D eigenvalue weighted by molar-refractivity contribution is -0.145. The standard InChI is InChI=1S/C16H25N5O4/c1-12(2)18-15(23)20-4-5-24-11-16(9-20)10-21(14(22)8-25-16)13-6-17-19(3)7-13/h6-7,12H,4-5,8-11H2,1-3H3,(H,18,23)/t16-/m1/s1. The number of nitrogens with zero attached hydrogens (tertiary/aromatic N) is 4. The third-order valence-corrected chi connectivity index (χ3v) is 4.30. The fourth-order valence-corrected chi connectivity index (χ4v) is 3.10. The first-order valence-corrected chi connectivity index (χ1v) is 8.45. The minimum Gasteiger partial charge on any atom is -0.376 e. The summed E-state index contributed by atoms with van der Waals surface area (Å²) in [5.41, 5.74) is -0.0215. The van der Waals surface area contributed by atoms with Crippen molar-refractivity contribution < 1.29 is 19.1 Å². The molecule has 0 unspecified atom stereocenters. The number of hydrogen-bond acceptors (Lipinski definition) is 5. The molecule has 0 saturated carbocycles. The van der Waals surface area contributed by atoms with Gasteiger partial charge in [-0.3, -0.25) is 9.48 Å². The van der Waals surface area contributed by atoms with E-state index in [1.807, 2.05) is 13.8 Å². The van der Waals surface area contributed by atoms with Crippen molar-refractivity contribution in [3.8, 4) is 0 Å². The number of rotatable bonds is 2. The molecule has 0 radical (unpaired) electrons. The molecule has 3 amide bonds.